The molecule has 1 aromatic carbocycles. The van der Waals surface area contributed by atoms with Crippen LogP contribution in [0.25, 0.3) is 0 Å². The molecule has 0 atom stereocenters. The van der Waals surface area contributed by atoms with E-state index in [0.717, 1.165) is 24.9 Å². The fourth-order valence-corrected chi connectivity index (χ4v) is 2.24. The average molecular weight is 281 g/mol. The van der Waals surface area contributed by atoms with Gasteiger partial charge in [-0.2, -0.15) is 0 Å². The Morgan fingerprint density at radius 3 is 2.30 bits per heavy atom. The normalized spacial score (nSPS) is 12.6. The fourth-order valence-electron chi connectivity index (χ4n) is 2.24. The molecule has 0 unspecified atom stereocenters. The Balaban J connectivity index is 2.59. The SMILES string of the molecule is COc1ccc(CC(C)(C)CCNC(C)(C)C)cc1F. The number of hydrogen-bond acceptors (Lipinski definition) is 2. The summed E-state index contributed by atoms with van der Waals surface area (Å²) in [5.41, 5.74) is 1.30. The van der Waals surface area contributed by atoms with E-state index < -0.39 is 0 Å². The van der Waals surface area contributed by atoms with Crippen LogP contribution in [-0.2, 0) is 6.42 Å². The Morgan fingerprint density at radius 1 is 1.15 bits per heavy atom. The second-order valence-corrected chi connectivity index (χ2v) is 7.24. The second-order valence-electron chi connectivity index (χ2n) is 7.24. The molecule has 1 rings (SSSR count). The van der Waals surface area contributed by atoms with Crippen molar-refractivity contribution in [1.82, 2.24) is 5.32 Å². The largest absolute Gasteiger partial charge is 0.494 e. The number of rotatable bonds is 6. The summed E-state index contributed by atoms with van der Waals surface area (Å²) in [5, 5.41) is 3.50. The van der Waals surface area contributed by atoms with Crippen LogP contribution in [0.15, 0.2) is 18.2 Å². The van der Waals surface area contributed by atoms with Crippen molar-refractivity contribution in [1.29, 1.82) is 0 Å². The lowest BCUT2D eigenvalue weighted by atomic mass is 9.82. The van der Waals surface area contributed by atoms with Gasteiger partial charge in [0.15, 0.2) is 11.6 Å². The number of ether oxygens (including phenoxy) is 1. The van der Waals surface area contributed by atoms with E-state index in [-0.39, 0.29) is 16.8 Å². The van der Waals surface area contributed by atoms with Crippen molar-refractivity contribution in [2.45, 2.75) is 53.0 Å². The lowest BCUT2D eigenvalue weighted by Gasteiger charge is -2.28. The zero-order valence-electron chi connectivity index (χ0n) is 13.6. The standard InChI is InChI=1S/C17H28FNO/c1-16(2,3)19-10-9-17(4,5)12-13-7-8-15(20-6)14(18)11-13/h7-8,11,19H,9-10,12H2,1-6H3. The minimum absolute atomic E-state index is 0.138. The number of halogens is 1. The molecular formula is C17H28FNO. The molecule has 114 valence electrons. The number of benzene rings is 1. The molecule has 0 heterocycles. The van der Waals surface area contributed by atoms with E-state index in [9.17, 15) is 4.39 Å². The highest BCUT2D eigenvalue weighted by Crippen LogP contribution is 2.28. The summed E-state index contributed by atoms with van der Waals surface area (Å²) in [7, 11) is 1.49. The fraction of sp³-hybridized carbons (Fsp3) is 0.647. The molecule has 3 heteroatoms. The van der Waals surface area contributed by atoms with Crippen molar-refractivity contribution in [3.63, 3.8) is 0 Å². The molecule has 0 aliphatic carbocycles. The van der Waals surface area contributed by atoms with Crippen LogP contribution in [0.3, 0.4) is 0 Å². The third-order valence-electron chi connectivity index (χ3n) is 3.36. The quantitative estimate of drug-likeness (QED) is 0.844. The van der Waals surface area contributed by atoms with E-state index >= 15 is 0 Å². The molecule has 0 aliphatic rings. The van der Waals surface area contributed by atoms with Gasteiger partial charge in [-0.05, 0) is 63.3 Å². The van der Waals surface area contributed by atoms with Gasteiger partial charge in [0.25, 0.3) is 0 Å². The van der Waals surface area contributed by atoms with Gasteiger partial charge in [-0.3, -0.25) is 0 Å². The van der Waals surface area contributed by atoms with Crippen molar-refractivity contribution in [3.05, 3.63) is 29.6 Å². The Bertz CT molecular complexity index is 435. The monoisotopic (exact) mass is 281 g/mol. The van der Waals surface area contributed by atoms with Gasteiger partial charge in [0.05, 0.1) is 7.11 Å². The summed E-state index contributed by atoms with van der Waals surface area (Å²) >= 11 is 0. The summed E-state index contributed by atoms with van der Waals surface area (Å²) < 4.78 is 18.6. The number of nitrogens with one attached hydrogen (secondary N) is 1. The maximum atomic E-state index is 13.7. The van der Waals surface area contributed by atoms with E-state index in [1.807, 2.05) is 6.07 Å². The summed E-state index contributed by atoms with van der Waals surface area (Å²) in [4.78, 5) is 0. The zero-order valence-corrected chi connectivity index (χ0v) is 13.6. The highest BCUT2D eigenvalue weighted by atomic mass is 19.1. The predicted molar refractivity (Wildman–Crippen MR) is 82.8 cm³/mol. The molecule has 2 nitrogen and oxygen atoms in total. The zero-order chi connectivity index (χ0) is 15.4. The van der Waals surface area contributed by atoms with Crippen molar-refractivity contribution in [2.75, 3.05) is 13.7 Å². The van der Waals surface area contributed by atoms with E-state index in [1.54, 1.807) is 12.1 Å². The van der Waals surface area contributed by atoms with Gasteiger partial charge in [0, 0.05) is 5.54 Å². The van der Waals surface area contributed by atoms with Gasteiger partial charge in [-0.1, -0.05) is 19.9 Å². The Kier molecular flexibility index (Phi) is 5.58. The van der Waals surface area contributed by atoms with Gasteiger partial charge < -0.3 is 10.1 Å². The Morgan fingerprint density at radius 2 is 1.80 bits per heavy atom. The third kappa shape index (κ3) is 5.91. The van der Waals surface area contributed by atoms with Crippen molar-refractivity contribution < 1.29 is 9.13 Å². The first-order chi connectivity index (χ1) is 9.13. The minimum atomic E-state index is -0.284. The second kappa shape index (κ2) is 6.57. The van der Waals surface area contributed by atoms with Gasteiger partial charge in [-0.25, -0.2) is 4.39 Å². The first kappa shape index (κ1) is 17.0. The van der Waals surface area contributed by atoms with Crippen LogP contribution in [0.1, 0.15) is 46.6 Å². The highest BCUT2D eigenvalue weighted by Gasteiger charge is 2.20. The van der Waals surface area contributed by atoms with Crippen molar-refractivity contribution >= 4 is 0 Å². The van der Waals surface area contributed by atoms with E-state index in [1.165, 1.54) is 7.11 Å². The van der Waals surface area contributed by atoms with Gasteiger partial charge >= 0.3 is 0 Å². The minimum Gasteiger partial charge on any atom is -0.494 e. The molecule has 20 heavy (non-hydrogen) atoms. The van der Waals surface area contributed by atoms with Gasteiger partial charge in [0.1, 0.15) is 0 Å². The molecule has 0 aromatic heterocycles. The molecule has 0 radical (unpaired) electrons. The molecule has 1 N–H and O–H groups in total. The van der Waals surface area contributed by atoms with E-state index in [4.69, 9.17) is 4.74 Å². The summed E-state index contributed by atoms with van der Waals surface area (Å²) in [6, 6.07) is 5.23. The molecule has 0 aliphatic heterocycles. The average Bonchev–Trinajstić information content (AvgIpc) is 2.26. The Hall–Kier alpha value is -1.09. The van der Waals surface area contributed by atoms with Crippen LogP contribution in [0.2, 0.25) is 0 Å². The highest BCUT2D eigenvalue weighted by molar-refractivity contribution is 5.29. The van der Waals surface area contributed by atoms with E-state index in [2.05, 4.69) is 39.9 Å². The Labute approximate surface area is 122 Å². The first-order valence-electron chi connectivity index (χ1n) is 7.20. The molecule has 1 aromatic rings. The van der Waals surface area contributed by atoms with Crippen molar-refractivity contribution in [3.8, 4) is 5.75 Å². The maximum Gasteiger partial charge on any atom is 0.165 e. The lowest BCUT2D eigenvalue weighted by molar-refractivity contribution is 0.301. The first-order valence-corrected chi connectivity index (χ1v) is 7.20. The molecule has 0 saturated heterocycles. The smallest absolute Gasteiger partial charge is 0.165 e. The molecule has 0 amide bonds. The number of hydrogen-bond donors (Lipinski definition) is 1. The topological polar surface area (TPSA) is 21.3 Å². The summed E-state index contributed by atoms with van der Waals surface area (Å²) in [6.45, 7) is 11.9. The molecule has 0 saturated carbocycles. The lowest BCUT2D eigenvalue weighted by Crippen LogP contribution is -2.38. The maximum absolute atomic E-state index is 13.7. The summed E-state index contributed by atoms with van der Waals surface area (Å²) in [5.74, 6) is 0.0228. The predicted octanol–water partition coefficient (Wildman–Crippen LogP) is 4.18. The van der Waals surface area contributed by atoms with Crippen LogP contribution in [0.5, 0.6) is 5.75 Å². The van der Waals surface area contributed by atoms with Crippen LogP contribution < -0.4 is 10.1 Å². The summed E-state index contributed by atoms with van der Waals surface area (Å²) in [6.07, 6.45) is 1.91. The van der Waals surface area contributed by atoms with E-state index in [0.29, 0.717) is 5.75 Å². The van der Waals surface area contributed by atoms with Crippen LogP contribution in [0.4, 0.5) is 4.39 Å². The van der Waals surface area contributed by atoms with Crippen molar-refractivity contribution in [2.24, 2.45) is 5.41 Å². The van der Waals surface area contributed by atoms with Gasteiger partial charge in [0.2, 0.25) is 0 Å². The molecule has 0 spiro atoms. The molecule has 0 bridgehead atoms. The van der Waals surface area contributed by atoms with Crippen LogP contribution in [-0.4, -0.2) is 19.2 Å². The molecular weight excluding hydrogens is 253 g/mol. The third-order valence-corrected chi connectivity index (χ3v) is 3.36. The van der Waals surface area contributed by atoms with Gasteiger partial charge in [-0.15, -0.1) is 0 Å². The number of methoxy groups -OCH3 is 1. The van der Waals surface area contributed by atoms with Crippen LogP contribution >= 0.6 is 0 Å². The molecule has 0 fully saturated rings. The van der Waals surface area contributed by atoms with Crippen LogP contribution in [0, 0.1) is 11.2 Å².